The van der Waals surface area contributed by atoms with E-state index in [-0.39, 0.29) is 22.7 Å². The van der Waals surface area contributed by atoms with Crippen LogP contribution >= 0.6 is 0 Å². The maximum absolute atomic E-state index is 12.1. The number of benzene rings is 1. The van der Waals surface area contributed by atoms with Crippen molar-refractivity contribution in [1.29, 1.82) is 0 Å². The van der Waals surface area contributed by atoms with Crippen molar-refractivity contribution in [3.8, 4) is 5.75 Å². The maximum Gasteiger partial charge on any atom is 0.303 e. The van der Waals surface area contributed by atoms with E-state index in [0.717, 1.165) is 44.1 Å². The van der Waals surface area contributed by atoms with Crippen LogP contribution in [0, 0.1) is 22.7 Å². The van der Waals surface area contributed by atoms with E-state index in [2.05, 4.69) is 37.3 Å². The molecular weight excluding hydrogens is 352 g/mol. The Balaban J connectivity index is 1.60. The number of esters is 1. The molecule has 0 amide bonds. The molecular formula is C24H28O4. The highest BCUT2D eigenvalue weighted by Gasteiger charge is 2.76. The molecule has 0 N–H and O–H groups in total. The van der Waals surface area contributed by atoms with Gasteiger partial charge in [0, 0.05) is 17.8 Å². The third kappa shape index (κ3) is 1.92. The number of fused-ring (bicyclic) bond motifs is 3. The van der Waals surface area contributed by atoms with Crippen molar-refractivity contribution >= 4 is 12.3 Å². The third-order valence-corrected chi connectivity index (χ3v) is 8.68. The van der Waals surface area contributed by atoms with Gasteiger partial charge < -0.3 is 14.3 Å². The first-order valence-electron chi connectivity index (χ1n) is 10.4. The minimum absolute atomic E-state index is 0.0748. The number of carbonyl (C=O) groups excluding carboxylic acids is 2. The van der Waals surface area contributed by atoms with Crippen LogP contribution in [0.3, 0.4) is 0 Å². The molecule has 0 saturated heterocycles. The van der Waals surface area contributed by atoms with Gasteiger partial charge in [-0.2, -0.15) is 0 Å². The SMILES string of the molecule is COc1ccc2c(c1)CC[C@H]1[C@@H]2CC[C@@]2(C)[C@]13C=C[C@]2(OC(C)=O)[C@H](C=O)C3. The van der Waals surface area contributed by atoms with E-state index in [1.54, 1.807) is 7.11 Å². The van der Waals surface area contributed by atoms with Gasteiger partial charge in [-0.1, -0.05) is 19.1 Å². The summed E-state index contributed by atoms with van der Waals surface area (Å²) in [6, 6.07) is 6.51. The third-order valence-electron chi connectivity index (χ3n) is 8.68. The average Bonchev–Trinajstić information content (AvgIpc) is 3.06. The van der Waals surface area contributed by atoms with E-state index in [1.807, 2.05) is 0 Å². The first-order valence-corrected chi connectivity index (χ1v) is 10.4. The smallest absolute Gasteiger partial charge is 0.303 e. The molecule has 148 valence electrons. The molecule has 4 heteroatoms. The fourth-order valence-electron chi connectivity index (χ4n) is 7.50. The average molecular weight is 380 g/mol. The summed E-state index contributed by atoms with van der Waals surface area (Å²) in [5, 5.41) is 0. The second-order valence-corrected chi connectivity index (χ2v) is 9.39. The number of ether oxygens (including phenoxy) is 2. The van der Waals surface area contributed by atoms with E-state index in [9.17, 15) is 9.59 Å². The first-order chi connectivity index (χ1) is 13.4. The second kappa shape index (κ2) is 5.71. The van der Waals surface area contributed by atoms with Crippen LogP contribution in [0.2, 0.25) is 0 Å². The molecule has 1 aromatic carbocycles. The Labute approximate surface area is 166 Å². The fraction of sp³-hybridized carbons (Fsp3) is 0.583. The molecule has 0 aromatic heterocycles. The summed E-state index contributed by atoms with van der Waals surface area (Å²) in [7, 11) is 1.72. The van der Waals surface area contributed by atoms with Crippen molar-refractivity contribution in [3.05, 3.63) is 41.5 Å². The van der Waals surface area contributed by atoms with Crippen LogP contribution in [-0.4, -0.2) is 25.0 Å². The van der Waals surface area contributed by atoms with Gasteiger partial charge in [-0.15, -0.1) is 0 Å². The molecule has 0 radical (unpaired) electrons. The van der Waals surface area contributed by atoms with E-state index >= 15 is 0 Å². The van der Waals surface area contributed by atoms with Gasteiger partial charge >= 0.3 is 5.97 Å². The summed E-state index contributed by atoms with van der Waals surface area (Å²) in [6.07, 6.45) is 10.4. The predicted octanol–water partition coefficient (Wildman–Crippen LogP) is 4.22. The minimum Gasteiger partial charge on any atom is -0.497 e. The highest BCUT2D eigenvalue weighted by molar-refractivity contribution is 5.70. The van der Waals surface area contributed by atoms with Crippen LogP contribution in [0.1, 0.15) is 56.6 Å². The number of hydrogen-bond donors (Lipinski definition) is 0. The Kier molecular flexibility index (Phi) is 3.66. The Bertz CT molecular complexity index is 889. The van der Waals surface area contributed by atoms with Gasteiger partial charge in [-0.3, -0.25) is 4.79 Å². The number of allylic oxidation sites excluding steroid dienone is 1. The van der Waals surface area contributed by atoms with Gasteiger partial charge in [-0.25, -0.2) is 0 Å². The molecule has 2 saturated carbocycles. The molecule has 4 aliphatic carbocycles. The van der Waals surface area contributed by atoms with Gasteiger partial charge in [0.25, 0.3) is 0 Å². The number of aldehydes is 1. The van der Waals surface area contributed by atoms with Crippen LogP contribution in [0.15, 0.2) is 30.4 Å². The van der Waals surface area contributed by atoms with Crippen molar-refractivity contribution in [1.82, 2.24) is 0 Å². The van der Waals surface area contributed by atoms with E-state index in [4.69, 9.17) is 9.47 Å². The van der Waals surface area contributed by atoms with Crippen LogP contribution in [0.4, 0.5) is 0 Å². The lowest BCUT2D eigenvalue weighted by atomic mass is 9.48. The Morgan fingerprint density at radius 2 is 2.07 bits per heavy atom. The molecule has 0 spiro atoms. The fourth-order valence-corrected chi connectivity index (χ4v) is 7.50. The van der Waals surface area contributed by atoms with Crippen LogP contribution in [0.5, 0.6) is 5.75 Å². The Hall–Kier alpha value is -2.10. The minimum atomic E-state index is -0.772. The maximum atomic E-state index is 12.1. The monoisotopic (exact) mass is 380 g/mol. The zero-order chi connectivity index (χ0) is 19.7. The quantitative estimate of drug-likeness (QED) is 0.448. The van der Waals surface area contributed by atoms with Crippen molar-refractivity contribution in [2.24, 2.45) is 22.7 Å². The van der Waals surface area contributed by atoms with E-state index in [1.165, 1.54) is 18.1 Å². The highest BCUT2D eigenvalue weighted by atomic mass is 16.6. The topological polar surface area (TPSA) is 52.6 Å². The molecule has 5 rings (SSSR count). The summed E-state index contributed by atoms with van der Waals surface area (Å²) < 4.78 is 11.4. The standard InChI is InChI=1S/C24H28O4/c1-15(26)28-24-11-10-23(13-17(24)14-25)21-7-4-16-12-18(27-3)5-6-19(16)20(21)8-9-22(23,24)2/h5-6,10-12,14,17,20-21H,4,7-9,13H2,1-3H3/t17-,20+,21-,22-,23-,24-/m0/s1. The lowest BCUT2D eigenvalue weighted by Crippen LogP contribution is -2.54. The first kappa shape index (κ1) is 18.0. The molecule has 0 heterocycles. The van der Waals surface area contributed by atoms with Crippen molar-refractivity contribution in [2.45, 2.75) is 57.5 Å². The largest absolute Gasteiger partial charge is 0.497 e. The van der Waals surface area contributed by atoms with Gasteiger partial charge in [0.15, 0.2) is 0 Å². The molecule has 4 aliphatic rings. The van der Waals surface area contributed by atoms with Crippen molar-refractivity contribution in [2.75, 3.05) is 7.11 Å². The summed E-state index contributed by atoms with van der Waals surface area (Å²) >= 11 is 0. The van der Waals surface area contributed by atoms with E-state index < -0.39 is 5.60 Å². The van der Waals surface area contributed by atoms with Crippen molar-refractivity contribution in [3.63, 3.8) is 0 Å². The van der Waals surface area contributed by atoms with Crippen LogP contribution < -0.4 is 4.74 Å². The molecule has 28 heavy (non-hydrogen) atoms. The molecule has 1 aromatic rings. The summed E-state index contributed by atoms with van der Waals surface area (Å²) in [5.74, 6) is 1.35. The molecule has 2 fully saturated rings. The molecule has 6 atom stereocenters. The lowest BCUT2D eigenvalue weighted by Gasteiger charge is -2.56. The van der Waals surface area contributed by atoms with Crippen LogP contribution in [-0.2, 0) is 20.7 Å². The molecule has 0 unspecified atom stereocenters. The normalized spacial score (nSPS) is 42.3. The Morgan fingerprint density at radius 3 is 2.79 bits per heavy atom. The summed E-state index contributed by atoms with van der Waals surface area (Å²) in [5.41, 5.74) is 1.79. The zero-order valence-corrected chi connectivity index (χ0v) is 16.9. The zero-order valence-electron chi connectivity index (χ0n) is 16.9. The number of hydrogen-bond acceptors (Lipinski definition) is 4. The number of aryl methyl sites for hydroxylation is 1. The summed E-state index contributed by atoms with van der Waals surface area (Å²) in [6.45, 7) is 3.72. The Morgan fingerprint density at radius 1 is 1.25 bits per heavy atom. The number of rotatable bonds is 3. The molecule has 0 aliphatic heterocycles. The lowest BCUT2D eigenvalue weighted by molar-refractivity contribution is -0.173. The van der Waals surface area contributed by atoms with Gasteiger partial charge in [0.05, 0.1) is 13.0 Å². The molecule has 4 nitrogen and oxygen atoms in total. The number of carbonyl (C=O) groups is 2. The van der Waals surface area contributed by atoms with Crippen molar-refractivity contribution < 1.29 is 19.1 Å². The second-order valence-electron chi connectivity index (χ2n) is 9.39. The number of methoxy groups -OCH3 is 1. The highest BCUT2D eigenvalue weighted by Crippen LogP contribution is 2.77. The van der Waals surface area contributed by atoms with Gasteiger partial charge in [0.1, 0.15) is 17.6 Å². The molecule has 2 bridgehead atoms. The summed E-state index contributed by atoms with van der Waals surface area (Å²) in [4.78, 5) is 24.0. The van der Waals surface area contributed by atoms with Gasteiger partial charge in [-0.05, 0) is 73.3 Å². The van der Waals surface area contributed by atoms with Gasteiger partial charge in [0.2, 0.25) is 0 Å². The predicted molar refractivity (Wildman–Crippen MR) is 105 cm³/mol. The van der Waals surface area contributed by atoms with Crippen LogP contribution in [0.25, 0.3) is 0 Å². The van der Waals surface area contributed by atoms with E-state index in [0.29, 0.717) is 11.8 Å².